The van der Waals surface area contributed by atoms with E-state index in [4.69, 9.17) is 25.2 Å². The van der Waals surface area contributed by atoms with Crippen molar-refractivity contribution >= 4 is 11.9 Å². The number of hydrogen-bond acceptors (Lipinski definition) is 6. The second-order valence-electron chi connectivity index (χ2n) is 6.15. The minimum atomic E-state index is -2.27. The lowest BCUT2D eigenvalue weighted by atomic mass is 9.87. The molecule has 0 amide bonds. The number of rotatable bonds is 3. The maximum absolute atomic E-state index is 9.77. The van der Waals surface area contributed by atoms with Gasteiger partial charge in [0.05, 0.1) is 11.7 Å². The first-order valence-electron chi connectivity index (χ1n) is 7.44. The van der Waals surface area contributed by atoms with Gasteiger partial charge in [-0.2, -0.15) is 0 Å². The van der Waals surface area contributed by atoms with Crippen molar-refractivity contribution in [1.29, 1.82) is 0 Å². The molecule has 0 radical (unpaired) electrons. The average Bonchev–Trinajstić information content (AvgIpc) is 2.76. The lowest BCUT2D eigenvalue weighted by Crippen LogP contribution is -2.42. The Kier molecular flexibility index (Phi) is 6.69. The molecule has 0 aromatic heterocycles. The largest absolute Gasteiger partial charge is 0.479 e. The van der Waals surface area contributed by atoms with Crippen molar-refractivity contribution in [2.24, 2.45) is 0 Å². The van der Waals surface area contributed by atoms with E-state index in [1.165, 1.54) is 31.5 Å². The van der Waals surface area contributed by atoms with Crippen LogP contribution in [0.4, 0.5) is 0 Å². The summed E-state index contributed by atoms with van der Waals surface area (Å²) in [6, 6.07) is 0. The van der Waals surface area contributed by atoms with Gasteiger partial charge in [-0.25, -0.2) is 9.59 Å². The number of aliphatic hydroxyl groups is 2. The summed E-state index contributed by atoms with van der Waals surface area (Å²) in [5.74, 6) is -3.54. The van der Waals surface area contributed by atoms with Crippen molar-refractivity contribution in [3.8, 4) is 0 Å². The van der Waals surface area contributed by atoms with Crippen LogP contribution >= 0.6 is 0 Å². The van der Waals surface area contributed by atoms with E-state index in [0.29, 0.717) is 0 Å². The Morgan fingerprint density at radius 2 is 1.65 bits per heavy atom. The molecule has 0 aromatic carbocycles. The molecular weight excluding hydrogens is 306 g/mol. The number of nitrogens with zero attached hydrogens (tertiary/aromatic N) is 1. The number of carboxylic acids is 2. The van der Waals surface area contributed by atoms with Gasteiger partial charge in [0.1, 0.15) is 0 Å². The Morgan fingerprint density at radius 1 is 1.22 bits per heavy atom. The van der Waals surface area contributed by atoms with Crippen molar-refractivity contribution in [3.05, 3.63) is 12.2 Å². The van der Waals surface area contributed by atoms with E-state index in [0.717, 1.165) is 6.42 Å². The predicted octanol–water partition coefficient (Wildman–Crippen LogP) is -0.307. The second kappa shape index (κ2) is 7.87. The Hall–Kier alpha value is -1.48. The van der Waals surface area contributed by atoms with Gasteiger partial charge in [-0.05, 0) is 38.8 Å². The molecule has 0 saturated carbocycles. The Balaban J connectivity index is 0.000000241. The zero-order chi connectivity index (χ0) is 17.8. The molecule has 2 heterocycles. The fourth-order valence-electron chi connectivity index (χ4n) is 2.65. The summed E-state index contributed by atoms with van der Waals surface area (Å²) in [5.41, 5.74) is 1.44. The topological polar surface area (TPSA) is 128 Å². The smallest absolute Gasteiger partial charge is 0.335 e. The first-order valence-corrected chi connectivity index (χ1v) is 7.44. The number of aliphatic carboxylic acids is 2. The van der Waals surface area contributed by atoms with Gasteiger partial charge < -0.3 is 30.1 Å². The number of ether oxygens (including phenoxy) is 1. The number of carbonyl (C=O) groups is 2. The third-order valence-corrected chi connectivity index (χ3v) is 4.25. The molecule has 2 rings (SSSR count). The fourth-order valence-corrected chi connectivity index (χ4v) is 2.65. The SMILES string of the molecule is C=C1CC2(CCN(C)CC2)OC1C.O=C(O)[C@H](O)[C@@H](O)C(=O)O. The third-order valence-electron chi connectivity index (χ3n) is 4.25. The second-order valence-corrected chi connectivity index (χ2v) is 6.15. The van der Waals surface area contributed by atoms with Crippen LogP contribution in [-0.2, 0) is 14.3 Å². The first kappa shape index (κ1) is 19.6. The molecule has 2 aliphatic heterocycles. The fraction of sp³-hybridized carbons (Fsp3) is 0.733. The van der Waals surface area contributed by atoms with Crippen LogP contribution in [0.1, 0.15) is 26.2 Å². The van der Waals surface area contributed by atoms with Crippen molar-refractivity contribution in [3.63, 3.8) is 0 Å². The molecule has 2 fully saturated rings. The highest BCUT2D eigenvalue weighted by atomic mass is 16.5. The molecule has 2 saturated heterocycles. The summed E-state index contributed by atoms with van der Waals surface area (Å²) >= 11 is 0. The molecule has 23 heavy (non-hydrogen) atoms. The molecule has 0 bridgehead atoms. The Bertz CT molecular complexity index is 439. The van der Waals surface area contributed by atoms with Gasteiger partial charge in [0, 0.05) is 13.1 Å². The van der Waals surface area contributed by atoms with Gasteiger partial charge in [-0.1, -0.05) is 6.58 Å². The van der Waals surface area contributed by atoms with Crippen molar-refractivity contribution in [1.82, 2.24) is 4.90 Å². The summed E-state index contributed by atoms with van der Waals surface area (Å²) in [7, 11) is 2.18. The van der Waals surface area contributed by atoms with Gasteiger partial charge in [0.2, 0.25) is 0 Å². The maximum Gasteiger partial charge on any atom is 0.335 e. The lowest BCUT2D eigenvalue weighted by molar-refractivity contribution is -0.165. The highest BCUT2D eigenvalue weighted by Crippen LogP contribution is 2.40. The van der Waals surface area contributed by atoms with Crippen LogP contribution in [-0.4, -0.2) is 81.3 Å². The quantitative estimate of drug-likeness (QED) is 0.519. The summed E-state index contributed by atoms with van der Waals surface area (Å²) in [4.78, 5) is 21.9. The molecule has 0 aromatic rings. The number of piperidine rings is 1. The van der Waals surface area contributed by atoms with Gasteiger partial charge in [0.25, 0.3) is 0 Å². The van der Waals surface area contributed by atoms with Crippen LogP contribution in [0, 0.1) is 0 Å². The minimum Gasteiger partial charge on any atom is -0.479 e. The zero-order valence-electron chi connectivity index (χ0n) is 13.4. The van der Waals surface area contributed by atoms with E-state index in [9.17, 15) is 9.59 Å². The monoisotopic (exact) mass is 331 g/mol. The highest BCUT2D eigenvalue weighted by molar-refractivity contribution is 5.83. The van der Waals surface area contributed by atoms with Gasteiger partial charge in [-0.15, -0.1) is 0 Å². The standard InChI is InChI=1S/C11H19NO.C4H6O6/c1-9-8-11(13-10(9)2)4-6-12(3)7-5-11;5-1(3(7)8)2(6)4(9)10/h10H,1,4-8H2,2-3H3;1-2,5-6H,(H,7,8)(H,9,10)/t;1-,2-/m.1/s1. The van der Waals surface area contributed by atoms with Crippen LogP contribution in [0.5, 0.6) is 0 Å². The zero-order valence-corrected chi connectivity index (χ0v) is 13.4. The van der Waals surface area contributed by atoms with E-state index in [2.05, 4.69) is 25.5 Å². The van der Waals surface area contributed by atoms with E-state index >= 15 is 0 Å². The Morgan fingerprint density at radius 3 is 1.96 bits per heavy atom. The van der Waals surface area contributed by atoms with Crippen molar-refractivity contribution in [2.45, 2.75) is 50.1 Å². The molecule has 1 spiro atoms. The van der Waals surface area contributed by atoms with Gasteiger partial charge in [0.15, 0.2) is 12.2 Å². The van der Waals surface area contributed by atoms with E-state index in [1.54, 1.807) is 0 Å². The molecule has 3 atom stereocenters. The highest BCUT2D eigenvalue weighted by Gasteiger charge is 2.42. The maximum atomic E-state index is 9.77. The molecule has 0 aliphatic carbocycles. The minimum absolute atomic E-state index is 0.156. The number of hydrogen-bond donors (Lipinski definition) is 4. The van der Waals surface area contributed by atoms with Crippen LogP contribution in [0.15, 0.2) is 12.2 Å². The summed E-state index contributed by atoms with van der Waals surface area (Å²) in [5, 5.41) is 32.5. The van der Waals surface area contributed by atoms with Crippen LogP contribution < -0.4 is 0 Å². The molecule has 8 heteroatoms. The van der Waals surface area contributed by atoms with Crippen LogP contribution in [0.3, 0.4) is 0 Å². The summed E-state index contributed by atoms with van der Waals surface area (Å²) < 4.78 is 6.02. The predicted molar refractivity (Wildman–Crippen MR) is 81.1 cm³/mol. The van der Waals surface area contributed by atoms with Gasteiger partial charge in [-0.3, -0.25) is 0 Å². The molecule has 8 nitrogen and oxygen atoms in total. The average molecular weight is 331 g/mol. The number of aliphatic hydroxyl groups excluding tert-OH is 2. The first-order chi connectivity index (χ1) is 10.6. The Labute approximate surface area is 135 Å². The molecule has 132 valence electrons. The van der Waals surface area contributed by atoms with Crippen molar-refractivity contribution < 1.29 is 34.8 Å². The van der Waals surface area contributed by atoms with E-state index in [-0.39, 0.29) is 11.7 Å². The molecular formula is C15H25NO7. The van der Waals surface area contributed by atoms with E-state index < -0.39 is 24.1 Å². The molecule has 1 unspecified atom stereocenters. The van der Waals surface area contributed by atoms with E-state index in [1.807, 2.05) is 0 Å². The molecule has 4 N–H and O–H groups in total. The number of likely N-dealkylation sites (tertiary alicyclic amines) is 1. The van der Waals surface area contributed by atoms with Crippen LogP contribution in [0.25, 0.3) is 0 Å². The van der Waals surface area contributed by atoms with Crippen molar-refractivity contribution in [2.75, 3.05) is 20.1 Å². The number of carboxylic acid groups (broad SMARTS) is 2. The summed E-state index contributed by atoms with van der Waals surface area (Å²) in [6.07, 6.45) is -0.819. The van der Waals surface area contributed by atoms with Gasteiger partial charge >= 0.3 is 11.9 Å². The lowest BCUT2D eigenvalue weighted by Gasteiger charge is -2.37. The summed E-state index contributed by atoms with van der Waals surface area (Å²) in [6.45, 7) is 8.52. The normalized spacial score (nSPS) is 26.3. The van der Waals surface area contributed by atoms with Crippen LogP contribution in [0.2, 0.25) is 0 Å². The third kappa shape index (κ3) is 5.28. The molecule has 2 aliphatic rings.